The first-order chi connectivity index (χ1) is 6.36. The van der Waals surface area contributed by atoms with Crippen LogP contribution in [0.3, 0.4) is 0 Å². The molecule has 0 radical (unpaired) electrons. The van der Waals surface area contributed by atoms with Crippen molar-refractivity contribution in [3.63, 3.8) is 0 Å². The molecule has 1 aliphatic carbocycles. The van der Waals surface area contributed by atoms with Crippen LogP contribution in [0.5, 0.6) is 0 Å². The Kier molecular flexibility index (Phi) is 2.64. The molecule has 0 spiro atoms. The molecule has 0 amide bonds. The Hall–Kier alpha value is -0.830. The molecule has 72 valence electrons. The maximum Gasteiger partial charge on any atom is 0.309 e. The molecule has 2 bridgehead atoms. The number of hydrogen-bond donors (Lipinski definition) is 0. The van der Waals surface area contributed by atoms with Gasteiger partial charge >= 0.3 is 5.97 Å². The minimum absolute atomic E-state index is 0.0214. The molecular formula is C10H14O3. The molecule has 2 aliphatic rings. The lowest BCUT2D eigenvalue weighted by atomic mass is 9.93. The number of fused-ring (bicyclic) bond motifs is 2. The second-order valence-corrected chi connectivity index (χ2v) is 3.53. The standard InChI is InChI=1S/C10H14O3/c11-10-8-3-1-4-9(7-8)12-5-2-6-13-10/h1,4,8-9H,2-3,5-7H2/t8-,9+/m0/s1. The summed E-state index contributed by atoms with van der Waals surface area (Å²) in [6.07, 6.45) is 6.60. The van der Waals surface area contributed by atoms with Crippen LogP contribution in [0.2, 0.25) is 0 Å². The Morgan fingerprint density at radius 3 is 3.23 bits per heavy atom. The van der Waals surface area contributed by atoms with Crippen LogP contribution in [0.4, 0.5) is 0 Å². The third-order valence-electron chi connectivity index (χ3n) is 2.49. The van der Waals surface area contributed by atoms with E-state index in [1.807, 2.05) is 6.08 Å². The quantitative estimate of drug-likeness (QED) is 0.418. The van der Waals surface area contributed by atoms with Crippen LogP contribution in [0.15, 0.2) is 12.2 Å². The molecule has 0 saturated carbocycles. The monoisotopic (exact) mass is 182 g/mol. The van der Waals surface area contributed by atoms with Crippen molar-refractivity contribution in [2.75, 3.05) is 13.2 Å². The molecule has 1 aliphatic heterocycles. The molecule has 2 rings (SSSR count). The van der Waals surface area contributed by atoms with Crippen LogP contribution < -0.4 is 0 Å². The van der Waals surface area contributed by atoms with Crippen LogP contribution in [-0.2, 0) is 14.3 Å². The lowest BCUT2D eigenvalue weighted by Crippen LogP contribution is -2.24. The summed E-state index contributed by atoms with van der Waals surface area (Å²) in [7, 11) is 0. The summed E-state index contributed by atoms with van der Waals surface area (Å²) in [5.74, 6) is -0.0343. The van der Waals surface area contributed by atoms with Gasteiger partial charge in [-0.1, -0.05) is 12.2 Å². The number of hydrogen-bond acceptors (Lipinski definition) is 3. The van der Waals surface area contributed by atoms with E-state index in [-0.39, 0.29) is 18.0 Å². The molecule has 0 aromatic carbocycles. The molecule has 3 nitrogen and oxygen atoms in total. The van der Waals surface area contributed by atoms with Crippen LogP contribution >= 0.6 is 0 Å². The second kappa shape index (κ2) is 3.92. The SMILES string of the molecule is O=C1OCCCO[C@@H]2C=CC[C@H]1C2. The maximum absolute atomic E-state index is 11.4. The number of carbonyl (C=O) groups excluding carboxylic acids is 1. The van der Waals surface area contributed by atoms with Crippen molar-refractivity contribution in [1.29, 1.82) is 0 Å². The van der Waals surface area contributed by atoms with Crippen LogP contribution in [0, 0.1) is 5.92 Å². The molecule has 0 aromatic rings. The first-order valence-corrected chi connectivity index (χ1v) is 4.81. The highest BCUT2D eigenvalue weighted by atomic mass is 16.5. The molecule has 1 saturated heterocycles. The van der Waals surface area contributed by atoms with E-state index in [2.05, 4.69) is 6.08 Å². The van der Waals surface area contributed by atoms with Gasteiger partial charge in [-0.25, -0.2) is 0 Å². The van der Waals surface area contributed by atoms with E-state index in [4.69, 9.17) is 9.47 Å². The predicted molar refractivity (Wildman–Crippen MR) is 47.2 cm³/mol. The van der Waals surface area contributed by atoms with Gasteiger partial charge < -0.3 is 9.47 Å². The fourth-order valence-corrected chi connectivity index (χ4v) is 1.75. The third kappa shape index (κ3) is 2.10. The molecule has 0 N–H and O–H groups in total. The topological polar surface area (TPSA) is 35.5 Å². The molecule has 0 unspecified atom stereocenters. The van der Waals surface area contributed by atoms with E-state index in [0.717, 1.165) is 19.3 Å². The average molecular weight is 182 g/mol. The predicted octanol–water partition coefficient (Wildman–Crippen LogP) is 1.28. The lowest BCUT2D eigenvalue weighted by Gasteiger charge is -2.21. The van der Waals surface area contributed by atoms with Crippen molar-refractivity contribution in [2.24, 2.45) is 5.92 Å². The molecule has 1 fully saturated rings. The summed E-state index contributed by atoms with van der Waals surface area (Å²) in [5, 5.41) is 0. The van der Waals surface area contributed by atoms with Crippen LogP contribution in [0.25, 0.3) is 0 Å². The van der Waals surface area contributed by atoms with Gasteiger partial charge in [0.1, 0.15) is 0 Å². The van der Waals surface area contributed by atoms with Crippen LogP contribution in [-0.4, -0.2) is 25.3 Å². The molecule has 13 heavy (non-hydrogen) atoms. The largest absolute Gasteiger partial charge is 0.465 e. The number of allylic oxidation sites excluding steroid dienone is 1. The van der Waals surface area contributed by atoms with Gasteiger partial charge in [0.2, 0.25) is 0 Å². The van der Waals surface area contributed by atoms with Gasteiger partial charge in [-0.15, -0.1) is 0 Å². The number of ether oxygens (including phenoxy) is 2. The number of cyclic esters (lactones) is 1. The van der Waals surface area contributed by atoms with E-state index >= 15 is 0 Å². The Bertz CT molecular complexity index is 222. The van der Waals surface area contributed by atoms with E-state index in [1.165, 1.54) is 0 Å². The minimum atomic E-state index is -0.0557. The van der Waals surface area contributed by atoms with Gasteiger partial charge in [-0.05, 0) is 12.8 Å². The summed E-state index contributed by atoms with van der Waals surface area (Å²) in [4.78, 5) is 11.4. The number of esters is 1. The summed E-state index contributed by atoms with van der Waals surface area (Å²) in [6.45, 7) is 1.19. The van der Waals surface area contributed by atoms with Crippen molar-refractivity contribution in [3.05, 3.63) is 12.2 Å². The summed E-state index contributed by atoms with van der Waals surface area (Å²) < 4.78 is 10.7. The number of rotatable bonds is 0. The molecule has 1 heterocycles. The van der Waals surface area contributed by atoms with Gasteiger partial charge in [0, 0.05) is 6.42 Å². The van der Waals surface area contributed by atoms with E-state index in [9.17, 15) is 4.79 Å². The fraction of sp³-hybridized carbons (Fsp3) is 0.700. The highest BCUT2D eigenvalue weighted by molar-refractivity contribution is 5.73. The van der Waals surface area contributed by atoms with Crippen molar-refractivity contribution >= 4 is 5.97 Å². The Labute approximate surface area is 77.7 Å². The normalized spacial score (nSPS) is 34.3. The van der Waals surface area contributed by atoms with Gasteiger partial charge in [-0.2, -0.15) is 0 Å². The second-order valence-electron chi connectivity index (χ2n) is 3.53. The summed E-state index contributed by atoms with van der Waals surface area (Å²) in [5.41, 5.74) is 0. The summed E-state index contributed by atoms with van der Waals surface area (Å²) >= 11 is 0. The zero-order valence-electron chi connectivity index (χ0n) is 7.57. The van der Waals surface area contributed by atoms with E-state index < -0.39 is 0 Å². The third-order valence-corrected chi connectivity index (χ3v) is 2.49. The van der Waals surface area contributed by atoms with Crippen LogP contribution in [0.1, 0.15) is 19.3 Å². The molecular weight excluding hydrogens is 168 g/mol. The average Bonchev–Trinajstić information content (AvgIpc) is 2.21. The van der Waals surface area contributed by atoms with E-state index in [1.54, 1.807) is 0 Å². The maximum atomic E-state index is 11.4. The van der Waals surface area contributed by atoms with Gasteiger partial charge in [0.15, 0.2) is 0 Å². The van der Waals surface area contributed by atoms with Gasteiger partial charge in [0.05, 0.1) is 25.2 Å². The van der Waals surface area contributed by atoms with Gasteiger partial charge in [0.25, 0.3) is 0 Å². The minimum Gasteiger partial charge on any atom is -0.465 e. The highest BCUT2D eigenvalue weighted by Crippen LogP contribution is 2.23. The Morgan fingerprint density at radius 2 is 2.31 bits per heavy atom. The molecule has 3 heteroatoms. The van der Waals surface area contributed by atoms with Crippen molar-refractivity contribution in [3.8, 4) is 0 Å². The first kappa shape index (κ1) is 8.75. The zero-order chi connectivity index (χ0) is 9.10. The van der Waals surface area contributed by atoms with Crippen molar-refractivity contribution in [2.45, 2.75) is 25.4 Å². The smallest absolute Gasteiger partial charge is 0.309 e. The van der Waals surface area contributed by atoms with E-state index in [0.29, 0.717) is 13.2 Å². The summed E-state index contributed by atoms with van der Waals surface area (Å²) in [6, 6.07) is 0. The fourth-order valence-electron chi connectivity index (χ4n) is 1.75. The zero-order valence-corrected chi connectivity index (χ0v) is 7.57. The molecule has 2 atom stereocenters. The van der Waals surface area contributed by atoms with Crippen molar-refractivity contribution in [1.82, 2.24) is 0 Å². The Morgan fingerprint density at radius 1 is 1.38 bits per heavy atom. The number of carbonyl (C=O) groups is 1. The first-order valence-electron chi connectivity index (χ1n) is 4.81. The Balaban J connectivity index is 2.06. The molecule has 0 aromatic heterocycles. The van der Waals surface area contributed by atoms with Crippen molar-refractivity contribution < 1.29 is 14.3 Å². The highest BCUT2D eigenvalue weighted by Gasteiger charge is 2.26. The van der Waals surface area contributed by atoms with Gasteiger partial charge in [-0.3, -0.25) is 4.79 Å². The lowest BCUT2D eigenvalue weighted by molar-refractivity contribution is -0.148.